The Hall–Kier alpha value is -7.39. The van der Waals surface area contributed by atoms with Crippen molar-refractivity contribution < 1.29 is 0 Å². The van der Waals surface area contributed by atoms with Crippen LogP contribution < -0.4 is 0 Å². The van der Waals surface area contributed by atoms with Crippen molar-refractivity contribution in [3.8, 4) is 73.6 Å². The van der Waals surface area contributed by atoms with E-state index < -0.39 is 5.41 Å². The van der Waals surface area contributed by atoms with Crippen molar-refractivity contribution in [2.75, 3.05) is 0 Å². The van der Waals surface area contributed by atoms with Gasteiger partial charge in [0.1, 0.15) is 0 Å². The lowest BCUT2D eigenvalue weighted by molar-refractivity contribution is 0.722. The number of hydrogen-bond donors (Lipinski definition) is 0. The van der Waals surface area contributed by atoms with E-state index in [1.54, 1.807) is 0 Å². The Morgan fingerprint density at radius 2 is 0.793 bits per heavy atom. The molecule has 2 heterocycles. The van der Waals surface area contributed by atoms with Crippen LogP contribution in [0, 0.1) is 11.3 Å². The van der Waals surface area contributed by atoms with Crippen molar-refractivity contribution in [3.05, 3.63) is 222 Å². The van der Waals surface area contributed by atoms with E-state index in [1.165, 1.54) is 43.2 Å². The molecule has 270 valence electrons. The molecule has 0 N–H and O–H groups in total. The predicted molar refractivity (Wildman–Crippen MR) is 233 cm³/mol. The smallest absolute Gasteiger partial charge is 0.164 e. The van der Waals surface area contributed by atoms with Crippen molar-refractivity contribution in [3.63, 3.8) is 0 Å². The summed E-state index contributed by atoms with van der Waals surface area (Å²) in [5.74, 6) is 1.86. The highest BCUT2D eigenvalue weighted by atomic mass is 32.2. The third-order valence-corrected chi connectivity index (χ3v) is 12.6. The Bertz CT molecular complexity index is 3050. The fourth-order valence-corrected chi connectivity index (χ4v) is 9.97. The van der Waals surface area contributed by atoms with Gasteiger partial charge >= 0.3 is 0 Å². The van der Waals surface area contributed by atoms with Crippen LogP contribution in [0.2, 0.25) is 0 Å². The molecule has 0 saturated carbocycles. The third kappa shape index (κ3) is 5.42. The molecule has 0 radical (unpaired) electrons. The van der Waals surface area contributed by atoms with Gasteiger partial charge < -0.3 is 0 Å². The third-order valence-electron chi connectivity index (χ3n) is 11.4. The van der Waals surface area contributed by atoms with Crippen LogP contribution in [-0.2, 0) is 5.41 Å². The molecule has 0 amide bonds. The summed E-state index contributed by atoms with van der Waals surface area (Å²) in [6.45, 7) is 0. The highest BCUT2D eigenvalue weighted by Gasteiger charge is 2.50. The van der Waals surface area contributed by atoms with Crippen molar-refractivity contribution in [1.29, 1.82) is 5.26 Å². The summed E-state index contributed by atoms with van der Waals surface area (Å²) < 4.78 is 0. The Labute approximate surface area is 341 Å². The minimum atomic E-state index is -0.618. The Morgan fingerprint density at radius 3 is 1.41 bits per heavy atom. The first-order valence-electron chi connectivity index (χ1n) is 19.3. The van der Waals surface area contributed by atoms with E-state index in [1.807, 2.05) is 66.4 Å². The van der Waals surface area contributed by atoms with E-state index in [-0.39, 0.29) is 0 Å². The van der Waals surface area contributed by atoms with Gasteiger partial charge in [-0.15, -0.1) is 0 Å². The zero-order valence-corrected chi connectivity index (χ0v) is 32.0. The molecule has 0 atom stereocenters. The van der Waals surface area contributed by atoms with E-state index in [0.29, 0.717) is 23.0 Å². The van der Waals surface area contributed by atoms with Crippen molar-refractivity contribution in [2.45, 2.75) is 15.2 Å². The van der Waals surface area contributed by atoms with Crippen LogP contribution in [0.5, 0.6) is 0 Å². The van der Waals surface area contributed by atoms with Gasteiger partial charge in [0.2, 0.25) is 0 Å². The molecule has 0 unspecified atom stereocenters. The fourth-order valence-electron chi connectivity index (χ4n) is 8.78. The van der Waals surface area contributed by atoms with E-state index >= 15 is 0 Å². The number of fused-ring (bicyclic) bond motifs is 9. The number of benzene rings is 8. The molecule has 9 aromatic rings. The Kier molecular flexibility index (Phi) is 7.99. The van der Waals surface area contributed by atoms with Gasteiger partial charge in [0.05, 0.1) is 17.0 Å². The number of nitriles is 1. The molecule has 2 aliphatic rings. The molecule has 0 fully saturated rings. The average Bonchev–Trinajstić information content (AvgIpc) is 3.58. The Balaban J connectivity index is 1.14. The molecular weight excluding hydrogens is 725 g/mol. The standard InChI is InChI=1S/C53H32N4S/c54-33-34-12-11-17-39(30-34)40-26-28-42-43-29-27-41(32-47(43)53(46(42)31-40)44-18-7-9-20-48(44)58-49-21-10-8-19-45(49)53)52-56-50(37-15-5-2-6-16-37)55-51(57-52)38-24-22-36(23-25-38)35-13-3-1-4-14-35/h1-32H. The molecule has 1 aromatic heterocycles. The summed E-state index contributed by atoms with van der Waals surface area (Å²) in [6.07, 6.45) is 0. The first-order valence-corrected chi connectivity index (χ1v) is 20.1. The summed E-state index contributed by atoms with van der Waals surface area (Å²) in [6, 6.07) is 70.4. The number of aromatic nitrogens is 3. The number of rotatable bonds is 5. The molecule has 58 heavy (non-hydrogen) atoms. The predicted octanol–water partition coefficient (Wildman–Crippen LogP) is 12.9. The second-order valence-electron chi connectivity index (χ2n) is 14.7. The average molecular weight is 757 g/mol. The van der Waals surface area contributed by atoms with E-state index in [0.717, 1.165) is 38.9 Å². The van der Waals surface area contributed by atoms with Gasteiger partial charge in [-0.25, -0.2) is 15.0 Å². The minimum absolute atomic E-state index is 0.616. The van der Waals surface area contributed by atoms with Crippen LogP contribution in [0.3, 0.4) is 0 Å². The summed E-state index contributed by atoms with van der Waals surface area (Å²) >= 11 is 1.83. The molecule has 4 nitrogen and oxygen atoms in total. The second kappa shape index (κ2) is 13.7. The molecule has 0 bridgehead atoms. The lowest BCUT2D eigenvalue weighted by atomic mass is 9.67. The maximum absolute atomic E-state index is 9.77. The van der Waals surface area contributed by atoms with Gasteiger partial charge in [-0.1, -0.05) is 169 Å². The SMILES string of the molecule is N#Cc1cccc(-c2ccc3c(c2)C2(c4ccccc4Sc4ccccc42)c2cc(-c4nc(-c5ccccc5)nc(-c5ccc(-c6ccccc6)cc5)n4)ccc2-3)c1. The molecule has 0 saturated heterocycles. The lowest BCUT2D eigenvalue weighted by Crippen LogP contribution is -2.32. The van der Waals surface area contributed by atoms with Gasteiger partial charge in [-0.05, 0) is 92.0 Å². The summed E-state index contributed by atoms with van der Waals surface area (Å²) in [4.78, 5) is 17.9. The monoisotopic (exact) mass is 756 g/mol. The van der Waals surface area contributed by atoms with Crippen LogP contribution in [0.1, 0.15) is 27.8 Å². The molecule has 5 heteroatoms. The van der Waals surface area contributed by atoms with Crippen LogP contribution >= 0.6 is 11.8 Å². The Morgan fingerprint density at radius 1 is 0.362 bits per heavy atom. The molecular formula is C53H32N4S. The van der Waals surface area contributed by atoms with Crippen LogP contribution in [0.25, 0.3) is 67.5 Å². The highest BCUT2D eigenvalue weighted by Crippen LogP contribution is 2.62. The van der Waals surface area contributed by atoms with Gasteiger partial charge in [0.25, 0.3) is 0 Å². The molecule has 1 spiro atoms. The first-order chi connectivity index (χ1) is 28.7. The summed E-state index contributed by atoms with van der Waals surface area (Å²) in [5.41, 5.74) is 14.5. The largest absolute Gasteiger partial charge is 0.208 e. The quantitative estimate of drug-likeness (QED) is 0.175. The van der Waals surface area contributed by atoms with Crippen molar-refractivity contribution >= 4 is 11.8 Å². The maximum atomic E-state index is 9.77. The van der Waals surface area contributed by atoms with Gasteiger partial charge in [-0.2, -0.15) is 5.26 Å². The number of hydrogen-bond acceptors (Lipinski definition) is 5. The maximum Gasteiger partial charge on any atom is 0.164 e. The summed E-state index contributed by atoms with van der Waals surface area (Å²) in [5, 5.41) is 9.77. The lowest BCUT2D eigenvalue weighted by Gasteiger charge is -2.39. The van der Waals surface area contributed by atoms with E-state index in [4.69, 9.17) is 15.0 Å². The minimum Gasteiger partial charge on any atom is -0.208 e. The van der Waals surface area contributed by atoms with E-state index in [9.17, 15) is 5.26 Å². The van der Waals surface area contributed by atoms with Gasteiger partial charge in [0.15, 0.2) is 17.5 Å². The second-order valence-corrected chi connectivity index (χ2v) is 15.8. The fraction of sp³-hybridized carbons (Fsp3) is 0.0189. The van der Waals surface area contributed by atoms with Crippen LogP contribution in [0.4, 0.5) is 0 Å². The van der Waals surface area contributed by atoms with Crippen molar-refractivity contribution in [1.82, 2.24) is 15.0 Å². The zero-order valence-electron chi connectivity index (χ0n) is 31.2. The van der Waals surface area contributed by atoms with E-state index in [2.05, 4.69) is 146 Å². The highest BCUT2D eigenvalue weighted by molar-refractivity contribution is 7.99. The topological polar surface area (TPSA) is 62.5 Å². The molecule has 1 aliphatic heterocycles. The van der Waals surface area contributed by atoms with Crippen LogP contribution in [-0.4, -0.2) is 15.0 Å². The summed E-state index contributed by atoms with van der Waals surface area (Å²) in [7, 11) is 0. The first kappa shape index (κ1) is 33.9. The van der Waals surface area contributed by atoms with Crippen molar-refractivity contribution in [2.24, 2.45) is 0 Å². The van der Waals surface area contributed by atoms with Crippen LogP contribution in [0.15, 0.2) is 204 Å². The molecule has 8 aromatic carbocycles. The molecule has 11 rings (SSSR count). The van der Waals surface area contributed by atoms with Gasteiger partial charge in [-0.3, -0.25) is 0 Å². The van der Waals surface area contributed by atoms with Gasteiger partial charge in [0, 0.05) is 26.5 Å². The molecule has 1 aliphatic carbocycles. The zero-order chi connectivity index (χ0) is 38.6. The normalized spacial score (nSPS) is 12.9. The number of nitrogens with zero attached hydrogens (tertiary/aromatic N) is 4.